The molecule has 0 unspecified atom stereocenters. The number of hydrogen-bond donors (Lipinski definition) is 0. The fourth-order valence-electron chi connectivity index (χ4n) is 1.54. The standard InChI is InChI=1S/C13H10FIOS/c14-10-2-3-11(12(15)7-10)13(16)4-1-9-5-6-17-8-9/h2-3,5-8H,1,4H2. The van der Waals surface area contributed by atoms with Gasteiger partial charge in [0.1, 0.15) is 5.82 Å². The topological polar surface area (TPSA) is 17.1 Å². The number of thiophene rings is 1. The molecule has 0 aliphatic carbocycles. The van der Waals surface area contributed by atoms with Gasteiger partial charge in [-0.05, 0) is 69.6 Å². The van der Waals surface area contributed by atoms with Crippen molar-refractivity contribution in [3.63, 3.8) is 0 Å². The Labute approximate surface area is 117 Å². The van der Waals surface area contributed by atoms with E-state index in [-0.39, 0.29) is 11.6 Å². The molecule has 17 heavy (non-hydrogen) atoms. The summed E-state index contributed by atoms with van der Waals surface area (Å²) >= 11 is 3.63. The Morgan fingerprint density at radius 2 is 2.18 bits per heavy atom. The highest BCUT2D eigenvalue weighted by atomic mass is 127. The molecule has 4 heteroatoms. The highest BCUT2D eigenvalue weighted by Crippen LogP contribution is 2.17. The second-order valence-electron chi connectivity index (χ2n) is 3.68. The van der Waals surface area contributed by atoms with Crippen LogP contribution < -0.4 is 0 Å². The van der Waals surface area contributed by atoms with Gasteiger partial charge in [-0.15, -0.1) is 0 Å². The molecule has 0 aliphatic rings. The number of Topliss-reactive ketones (excluding diaryl/α,β-unsaturated/α-hetero) is 1. The van der Waals surface area contributed by atoms with Gasteiger partial charge in [0, 0.05) is 15.6 Å². The molecule has 0 fully saturated rings. The van der Waals surface area contributed by atoms with Crippen molar-refractivity contribution in [2.75, 3.05) is 0 Å². The van der Waals surface area contributed by atoms with Crippen LogP contribution in [0, 0.1) is 9.39 Å². The van der Waals surface area contributed by atoms with Gasteiger partial charge in [0.2, 0.25) is 0 Å². The third-order valence-electron chi connectivity index (χ3n) is 2.45. The van der Waals surface area contributed by atoms with Crippen LogP contribution in [0.25, 0.3) is 0 Å². The van der Waals surface area contributed by atoms with Crippen molar-refractivity contribution >= 4 is 39.7 Å². The maximum Gasteiger partial charge on any atom is 0.164 e. The van der Waals surface area contributed by atoms with Gasteiger partial charge < -0.3 is 0 Å². The summed E-state index contributed by atoms with van der Waals surface area (Å²) in [5, 5.41) is 4.05. The molecule has 0 atom stereocenters. The molecule has 2 aromatic rings. The molecule has 0 radical (unpaired) electrons. The van der Waals surface area contributed by atoms with Crippen LogP contribution in [-0.4, -0.2) is 5.78 Å². The minimum Gasteiger partial charge on any atom is -0.294 e. The maximum atomic E-state index is 12.9. The summed E-state index contributed by atoms with van der Waals surface area (Å²) in [6.45, 7) is 0. The summed E-state index contributed by atoms with van der Waals surface area (Å²) in [6.07, 6.45) is 1.22. The van der Waals surface area contributed by atoms with Crippen LogP contribution in [0.1, 0.15) is 22.3 Å². The average molecular weight is 360 g/mol. The van der Waals surface area contributed by atoms with Gasteiger partial charge in [-0.2, -0.15) is 11.3 Å². The van der Waals surface area contributed by atoms with Crippen LogP contribution >= 0.6 is 33.9 Å². The maximum absolute atomic E-state index is 12.9. The van der Waals surface area contributed by atoms with E-state index in [1.807, 2.05) is 39.4 Å². The third-order valence-corrected chi connectivity index (χ3v) is 4.08. The average Bonchev–Trinajstić information content (AvgIpc) is 2.78. The first kappa shape index (κ1) is 12.7. The van der Waals surface area contributed by atoms with Gasteiger partial charge in [-0.1, -0.05) is 0 Å². The lowest BCUT2D eigenvalue weighted by atomic mass is 10.0. The van der Waals surface area contributed by atoms with Crippen molar-refractivity contribution in [3.05, 3.63) is 55.5 Å². The van der Waals surface area contributed by atoms with Crippen LogP contribution in [0.15, 0.2) is 35.0 Å². The van der Waals surface area contributed by atoms with Gasteiger partial charge in [-0.3, -0.25) is 4.79 Å². The normalized spacial score (nSPS) is 10.5. The Hall–Kier alpha value is -0.750. The predicted molar refractivity (Wildman–Crippen MR) is 76.1 cm³/mol. The third kappa shape index (κ3) is 3.35. The Kier molecular flexibility index (Phi) is 4.28. The number of halogens is 2. The van der Waals surface area contributed by atoms with Gasteiger partial charge in [0.25, 0.3) is 0 Å². The minimum atomic E-state index is -0.302. The van der Waals surface area contributed by atoms with Gasteiger partial charge in [0.05, 0.1) is 0 Å². The zero-order valence-electron chi connectivity index (χ0n) is 8.95. The molecule has 0 aliphatic heterocycles. The zero-order valence-corrected chi connectivity index (χ0v) is 11.9. The molecule has 0 saturated heterocycles. The molecule has 1 heterocycles. The van der Waals surface area contributed by atoms with Crippen molar-refractivity contribution in [2.45, 2.75) is 12.8 Å². The van der Waals surface area contributed by atoms with Gasteiger partial charge in [0.15, 0.2) is 5.78 Å². The van der Waals surface area contributed by atoms with Crippen LogP contribution in [0.2, 0.25) is 0 Å². The van der Waals surface area contributed by atoms with E-state index in [0.29, 0.717) is 15.6 Å². The predicted octanol–water partition coefficient (Wildman–Crippen LogP) is 4.31. The molecule has 0 N–H and O–H groups in total. The summed E-state index contributed by atoms with van der Waals surface area (Å²) < 4.78 is 13.6. The molecule has 1 aromatic heterocycles. The fraction of sp³-hybridized carbons (Fsp3) is 0.154. The van der Waals surface area contributed by atoms with E-state index in [9.17, 15) is 9.18 Å². The lowest BCUT2D eigenvalue weighted by Gasteiger charge is -2.03. The van der Waals surface area contributed by atoms with E-state index >= 15 is 0 Å². The molecule has 88 valence electrons. The van der Waals surface area contributed by atoms with E-state index in [1.165, 1.54) is 17.7 Å². The molecular weight excluding hydrogens is 350 g/mol. The van der Waals surface area contributed by atoms with Crippen molar-refractivity contribution in [1.29, 1.82) is 0 Å². The Bertz CT molecular complexity index is 522. The number of benzene rings is 1. The van der Waals surface area contributed by atoms with Crippen molar-refractivity contribution in [3.8, 4) is 0 Å². The second-order valence-corrected chi connectivity index (χ2v) is 5.62. The number of carbonyl (C=O) groups excluding carboxylic acids is 1. The molecule has 2 rings (SSSR count). The minimum absolute atomic E-state index is 0.0700. The second kappa shape index (κ2) is 5.73. The summed E-state index contributed by atoms with van der Waals surface area (Å²) in [7, 11) is 0. The number of hydrogen-bond acceptors (Lipinski definition) is 2. The van der Waals surface area contributed by atoms with Gasteiger partial charge in [-0.25, -0.2) is 4.39 Å². The summed E-state index contributed by atoms with van der Waals surface area (Å²) in [5.74, 6) is -0.232. The van der Waals surface area contributed by atoms with E-state index in [2.05, 4.69) is 0 Å². The lowest BCUT2D eigenvalue weighted by molar-refractivity contribution is 0.0982. The number of ketones is 1. The van der Waals surface area contributed by atoms with E-state index < -0.39 is 0 Å². The SMILES string of the molecule is O=C(CCc1ccsc1)c1ccc(F)cc1I. The highest BCUT2D eigenvalue weighted by molar-refractivity contribution is 14.1. The number of rotatable bonds is 4. The zero-order chi connectivity index (χ0) is 12.3. The van der Waals surface area contributed by atoms with Crippen LogP contribution in [-0.2, 0) is 6.42 Å². The van der Waals surface area contributed by atoms with Crippen LogP contribution in [0.4, 0.5) is 4.39 Å². The largest absolute Gasteiger partial charge is 0.294 e. The highest BCUT2D eigenvalue weighted by Gasteiger charge is 2.10. The first-order chi connectivity index (χ1) is 8.16. The summed E-state index contributed by atoms with van der Waals surface area (Å²) in [4.78, 5) is 11.9. The quantitative estimate of drug-likeness (QED) is 0.587. The number of carbonyl (C=O) groups is 1. The van der Waals surface area contributed by atoms with E-state index in [1.54, 1.807) is 17.4 Å². The molecular formula is C13H10FIOS. The Morgan fingerprint density at radius 1 is 1.35 bits per heavy atom. The van der Waals surface area contributed by atoms with E-state index in [0.717, 1.165) is 6.42 Å². The molecule has 0 spiro atoms. The first-order valence-electron chi connectivity index (χ1n) is 5.16. The number of aryl methyl sites for hydroxylation is 1. The van der Waals surface area contributed by atoms with Crippen LogP contribution in [0.3, 0.4) is 0 Å². The molecule has 0 bridgehead atoms. The fourth-order valence-corrected chi connectivity index (χ4v) is 3.02. The van der Waals surface area contributed by atoms with E-state index in [4.69, 9.17) is 0 Å². The Morgan fingerprint density at radius 3 is 2.82 bits per heavy atom. The Balaban J connectivity index is 2.04. The molecule has 0 saturated carbocycles. The molecule has 0 amide bonds. The van der Waals surface area contributed by atoms with Crippen molar-refractivity contribution in [2.24, 2.45) is 0 Å². The smallest absolute Gasteiger partial charge is 0.164 e. The van der Waals surface area contributed by atoms with Crippen molar-refractivity contribution in [1.82, 2.24) is 0 Å². The van der Waals surface area contributed by atoms with Crippen LogP contribution in [0.5, 0.6) is 0 Å². The lowest BCUT2D eigenvalue weighted by Crippen LogP contribution is -2.03. The summed E-state index contributed by atoms with van der Waals surface area (Å²) in [6, 6.07) is 6.30. The van der Waals surface area contributed by atoms with Crippen molar-refractivity contribution < 1.29 is 9.18 Å². The summed E-state index contributed by atoms with van der Waals surface area (Å²) in [5.41, 5.74) is 1.79. The molecule has 1 aromatic carbocycles. The van der Waals surface area contributed by atoms with Gasteiger partial charge >= 0.3 is 0 Å². The monoisotopic (exact) mass is 360 g/mol. The first-order valence-corrected chi connectivity index (χ1v) is 7.18. The molecule has 1 nitrogen and oxygen atoms in total.